The van der Waals surface area contributed by atoms with Crippen molar-refractivity contribution in [2.75, 3.05) is 12.8 Å². The zero-order valence-corrected chi connectivity index (χ0v) is 12.5. The summed E-state index contributed by atoms with van der Waals surface area (Å²) in [4.78, 5) is 23.5. The van der Waals surface area contributed by atoms with Crippen LogP contribution in [0.5, 0.6) is 0 Å². The van der Waals surface area contributed by atoms with Crippen LogP contribution in [0.4, 0.5) is 5.69 Å². The summed E-state index contributed by atoms with van der Waals surface area (Å²) in [7, 11) is 1.23. The van der Waals surface area contributed by atoms with Crippen molar-refractivity contribution in [2.45, 2.75) is 13.5 Å². The number of aromatic carboxylic acids is 1. The minimum absolute atomic E-state index is 0.0240. The third-order valence-electron chi connectivity index (χ3n) is 3.70. The van der Waals surface area contributed by atoms with Gasteiger partial charge in [-0.3, -0.25) is 0 Å². The van der Waals surface area contributed by atoms with Gasteiger partial charge in [0.1, 0.15) is 0 Å². The van der Waals surface area contributed by atoms with E-state index in [2.05, 4.69) is 10.2 Å². The monoisotopic (exact) mass is 314 g/mol. The van der Waals surface area contributed by atoms with Crippen molar-refractivity contribution in [3.05, 3.63) is 29.6 Å². The Morgan fingerprint density at radius 2 is 2.00 bits per heavy atom. The number of ether oxygens (including phenoxy) is 1. The minimum Gasteiger partial charge on any atom is -0.476 e. The average Bonchev–Trinajstić information content (AvgIpc) is 2.86. The highest BCUT2D eigenvalue weighted by atomic mass is 16.5. The van der Waals surface area contributed by atoms with Gasteiger partial charge in [-0.1, -0.05) is 0 Å². The highest BCUT2D eigenvalue weighted by Gasteiger charge is 2.25. The van der Waals surface area contributed by atoms with Crippen LogP contribution < -0.4 is 5.73 Å². The van der Waals surface area contributed by atoms with Crippen LogP contribution in [0, 0.1) is 0 Å². The van der Waals surface area contributed by atoms with Crippen molar-refractivity contribution >= 4 is 39.4 Å². The van der Waals surface area contributed by atoms with E-state index in [1.165, 1.54) is 7.11 Å². The van der Waals surface area contributed by atoms with Gasteiger partial charge in [0, 0.05) is 28.5 Å². The van der Waals surface area contributed by atoms with Gasteiger partial charge in [-0.2, -0.15) is 0 Å². The van der Waals surface area contributed by atoms with E-state index in [-0.39, 0.29) is 11.4 Å². The van der Waals surface area contributed by atoms with E-state index in [0.29, 0.717) is 28.5 Å². The molecular formula is C15H14N4O4. The number of aryl methyl sites for hydroxylation is 1. The number of nitrogens with zero attached hydrogens (tertiary/aromatic N) is 3. The third kappa shape index (κ3) is 2.07. The molecule has 0 unspecified atom stereocenters. The van der Waals surface area contributed by atoms with Gasteiger partial charge in [-0.05, 0) is 25.1 Å². The van der Waals surface area contributed by atoms with E-state index in [1.54, 1.807) is 22.8 Å². The molecule has 0 aliphatic heterocycles. The smallest absolute Gasteiger partial charge is 0.360 e. The van der Waals surface area contributed by atoms with Gasteiger partial charge in [-0.25, -0.2) is 9.59 Å². The average molecular weight is 314 g/mol. The number of benzene rings is 1. The Bertz CT molecular complexity index is 961. The second kappa shape index (κ2) is 5.24. The van der Waals surface area contributed by atoms with Gasteiger partial charge in [-0.15, -0.1) is 10.2 Å². The zero-order chi connectivity index (χ0) is 16.7. The Labute approximate surface area is 130 Å². The molecule has 0 aliphatic carbocycles. The van der Waals surface area contributed by atoms with E-state index < -0.39 is 11.9 Å². The van der Waals surface area contributed by atoms with Crippen LogP contribution in [0.3, 0.4) is 0 Å². The number of carboxylic acids is 1. The van der Waals surface area contributed by atoms with Crippen LogP contribution >= 0.6 is 0 Å². The van der Waals surface area contributed by atoms with Gasteiger partial charge in [0.25, 0.3) is 0 Å². The quantitative estimate of drug-likeness (QED) is 0.557. The number of hydrogen-bond acceptors (Lipinski definition) is 6. The molecule has 8 nitrogen and oxygen atoms in total. The first-order chi connectivity index (χ1) is 11.0. The largest absolute Gasteiger partial charge is 0.476 e. The third-order valence-corrected chi connectivity index (χ3v) is 3.70. The minimum atomic E-state index is -1.23. The Hall–Kier alpha value is -3.16. The van der Waals surface area contributed by atoms with Crippen LogP contribution in [0.25, 0.3) is 21.8 Å². The van der Waals surface area contributed by atoms with Crippen molar-refractivity contribution in [1.29, 1.82) is 0 Å². The molecule has 8 heteroatoms. The molecule has 1 aromatic carbocycles. The summed E-state index contributed by atoms with van der Waals surface area (Å²) >= 11 is 0. The number of rotatable bonds is 3. The Morgan fingerprint density at radius 3 is 2.61 bits per heavy atom. The Balaban J connectivity index is 2.62. The summed E-state index contributed by atoms with van der Waals surface area (Å²) in [6.45, 7) is 2.40. The normalized spacial score (nSPS) is 11.0. The van der Waals surface area contributed by atoms with Crippen molar-refractivity contribution in [3.8, 4) is 0 Å². The molecule has 2 heterocycles. The molecule has 0 fully saturated rings. The maximum Gasteiger partial charge on any atom is 0.360 e. The standard InChI is InChI=1S/C15H14N4O4/c1-3-19-9-5-4-7(16)6-8(9)10-11(14(20)21)17-18-12(13(10)19)15(22)23-2/h4-6H,3,16H2,1-2H3,(H,20,21). The number of esters is 1. The fourth-order valence-corrected chi connectivity index (χ4v) is 2.77. The number of nitrogen functional groups attached to an aromatic ring is 1. The van der Waals surface area contributed by atoms with E-state index in [1.807, 2.05) is 6.92 Å². The van der Waals surface area contributed by atoms with E-state index in [9.17, 15) is 14.7 Å². The molecule has 23 heavy (non-hydrogen) atoms. The number of carbonyl (C=O) groups is 2. The van der Waals surface area contributed by atoms with Gasteiger partial charge in [0.15, 0.2) is 11.4 Å². The summed E-state index contributed by atoms with van der Waals surface area (Å²) in [6, 6.07) is 5.16. The Morgan fingerprint density at radius 1 is 1.30 bits per heavy atom. The summed E-state index contributed by atoms with van der Waals surface area (Å²) in [5, 5.41) is 17.8. The number of hydrogen-bond donors (Lipinski definition) is 2. The summed E-state index contributed by atoms with van der Waals surface area (Å²) in [6.07, 6.45) is 0. The molecule has 0 aliphatic rings. The first-order valence-corrected chi connectivity index (χ1v) is 6.89. The molecule has 3 N–H and O–H groups in total. The molecule has 3 rings (SSSR count). The van der Waals surface area contributed by atoms with Crippen molar-refractivity contribution in [2.24, 2.45) is 0 Å². The molecule has 0 saturated carbocycles. The number of fused-ring (bicyclic) bond motifs is 3. The van der Waals surface area contributed by atoms with Crippen LogP contribution in [0.1, 0.15) is 27.9 Å². The molecule has 0 saturated heterocycles. The predicted molar refractivity (Wildman–Crippen MR) is 83.4 cm³/mol. The highest BCUT2D eigenvalue weighted by Crippen LogP contribution is 2.33. The second-order valence-corrected chi connectivity index (χ2v) is 4.94. The highest BCUT2D eigenvalue weighted by molar-refractivity contribution is 6.19. The number of carboxylic acid groups (broad SMARTS) is 1. The van der Waals surface area contributed by atoms with Gasteiger partial charge in [0.05, 0.1) is 12.6 Å². The molecule has 3 aromatic rings. The number of nitrogens with two attached hydrogens (primary N) is 1. The molecule has 0 amide bonds. The van der Waals surface area contributed by atoms with Crippen LogP contribution in [0.2, 0.25) is 0 Å². The summed E-state index contributed by atoms with van der Waals surface area (Å²) < 4.78 is 6.54. The van der Waals surface area contributed by atoms with E-state index in [0.717, 1.165) is 5.52 Å². The number of methoxy groups -OCH3 is 1. The first-order valence-electron chi connectivity index (χ1n) is 6.89. The second-order valence-electron chi connectivity index (χ2n) is 4.94. The summed E-state index contributed by atoms with van der Waals surface area (Å²) in [5.41, 5.74) is 7.20. The van der Waals surface area contributed by atoms with Crippen molar-refractivity contribution < 1.29 is 19.4 Å². The van der Waals surface area contributed by atoms with Gasteiger partial charge < -0.3 is 20.1 Å². The van der Waals surface area contributed by atoms with E-state index >= 15 is 0 Å². The molecule has 0 atom stereocenters. The van der Waals surface area contributed by atoms with E-state index in [4.69, 9.17) is 10.5 Å². The SMILES string of the molecule is CCn1c2ccc(N)cc2c2c(C(=O)O)nnc(C(=O)OC)c21. The van der Waals surface area contributed by atoms with Gasteiger partial charge in [0.2, 0.25) is 0 Å². The molecular weight excluding hydrogens is 300 g/mol. The van der Waals surface area contributed by atoms with Crippen molar-refractivity contribution in [3.63, 3.8) is 0 Å². The lowest BCUT2D eigenvalue weighted by molar-refractivity contribution is 0.0591. The Kier molecular flexibility index (Phi) is 3.36. The van der Waals surface area contributed by atoms with Crippen molar-refractivity contribution in [1.82, 2.24) is 14.8 Å². The lowest BCUT2D eigenvalue weighted by Crippen LogP contribution is -2.12. The topological polar surface area (TPSA) is 120 Å². The predicted octanol–water partition coefficient (Wildman–Crippen LogP) is 1.67. The van der Waals surface area contributed by atoms with Crippen LogP contribution in [0.15, 0.2) is 18.2 Å². The number of aromatic nitrogens is 3. The number of carbonyl (C=O) groups excluding carboxylic acids is 1. The van der Waals surface area contributed by atoms with Crippen LogP contribution in [-0.4, -0.2) is 38.9 Å². The molecule has 118 valence electrons. The fourth-order valence-electron chi connectivity index (χ4n) is 2.77. The molecule has 2 aromatic heterocycles. The van der Waals surface area contributed by atoms with Gasteiger partial charge >= 0.3 is 11.9 Å². The molecule has 0 spiro atoms. The lowest BCUT2D eigenvalue weighted by atomic mass is 10.1. The lowest BCUT2D eigenvalue weighted by Gasteiger charge is -2.06. The molecule has 0 bridgehead atoms. The first kappa shape index (κ1) is 14.8. The zero-order valence-electron chi connectivity index (χ0n) is 12.5. The maximum absolute atomic E-state index is 12.0. The fraction of sp³-hybridized carbons (Fsp3) is 0.200. The molecule has 0 radical (unpaired) electrons. The maximum atomic E-state index is 12.0. The summed E-state index contributed by atoms with van der Waals surface area (Å²) in [5.74, 6) is -1.90. The van der Waals surface area contributed by atoms with Crippen LogP contribution in [-0.2, 0) is 11.3 Å². The number of anilines is 1.